The number of hydrogen-bond acceptors (Lipinski definition) is 4. The van der Waals surface area contributed by atoms with Crippen LogP contribution in [0.25, 0.3) is 0 Å². The van der Waals surface area contributed by atoms with Crippen LogP contribution in [0.4, 0.5) is 0 Å². The zero-order valence-corrected chi connectivity index (χ0v) is 11.6. The van der Waals surface area contributed by atoms with Gasteiger partial charge in [0.1, 0.15) is 0 Å². The maximum Gasteiger partial charge on any atom is 0.247 e. The van der Waals surface area contributed by atoms with Crippen LogP contribution in [0.3, 0.4) is 0 Å². The first kappa shape index (κ1) is 12.9. The van der Waals surface area contributed by atoms with Crippen LogP contribution in [0.1, 0.15) is 13.3 Å². The SMILES string of the molecule is CC1=NCC([C@H]2[C@H](C(=O)NO)[C@@H]2C2C=CC=CC2)S1. The largest absolute Gasteiger partial charge is 0.289 e. The normalized spacial score (nSPS) is 40.1. The molecule has 19 heavy (non-hydrogen) atoms. The van der Waals surface area contributed by atoms with E-state index in [0.29, 0.717) is 23.0 Å². The molecule has 1 amide bonds. The van der Waals surface area contributed by atoms with Crippen LogP contribution in [-0.4, -0.2) is 28.0 Å². The number of nitrogens with one attached hydrogen (secondary N) is 1. The molecule has 0 aromatic heterocycles. The fourth-order valence-electron chi connectivity index (χ4n) is 3.41. The molecule has 2 unspecified atom stereocenters. The molecule has 0 bridgehead atoms. The van der Waals surface area contributed by atoms with Crippen LogP contribution in [0.15, 0.2) is 29.3 Å². The smallest absolute Gasteiger partial charge is 0.247 e. The Morgan fingerprint density at radius 3 is 2.89 bits per heavy atom. The van der Waals surface area contributed by atoms with Gasteiger partial charge in [-0.2, -0.15) is 0 Å². The number of aliphatic imine (C=N–C) groups is 1. The van der Waals surface area contributed by atoms with E-state index in [1.807, 2.05) is 18.5 Å². The molecular weight excluding hydrogens is 260 g/mol. The summed E-state index contributed by atoms with van der Waals surface area (Å²) in [6, 6.07) is 0. The predicted octanol–water partition coefficient (Wildman–Crippen LogP) is 2.02. The van der Waals surface area contributed by atoms with Crippen molar-refractivity contribution in [2.45, 2.75) is 18.6 Å². The first-order valence-corrected chi connectivity index (χ1v) is 7.55. The fraction of sp³-hybridized carbons (Fsp3) is 0.571. The Bertz CT molecular complexity index is 472. The topological polar surface area (TPSA) is 61.7 Å². The number of hydroxylamine groups is 1. The molecule has 1 saturated carbocycles. The van der Waals surface area contributed by atoms with Crippen LogP contribution in [0.2, 0.25) is 0 Å². The third-order valence-electron chi connectivity index (χ3n) is 4.30. The molecule has 0 radical (unpaired) electrons. The minimum atomic E-state index is -0.233. The molecular formula is C14H18N2O2S. The van der Waals surface area contributed by atoms with E-state index in [-0.39, 0.29) is 11.8 Å². The molecule has 0 saturated heterocycles. The van der Waals surface area contributed by atoms with E-state index in [1.54, 1.807) is 11.8 Å². The van der Waals surface area contributed by atoms with Crippen molar-refractivity contribution in [2.24, 2.45) is 28.7 Å². The van der Waals surface area contributed by atoms with Gasteiger partial charge < -0.3 is 0 Å². The lowest BCUT2D eigenvalue weighted by Gasteiger charge is -2.14. The van der Waals surface area contributed by atoms with Gasteiger partial charge in [0.15, 0.2) is 0 Å². The Hall–Kier alpha value is -1.07. The maximum absolute atomic E-state index is 11.8. The third-order valence-corrected chi connectivity index (χ3v) is 5.54. The second-order valence-electron chi connectivity index (χ2n) is 5.39. The van der Waals surface area contributed by atoms with Gasteiger partial charge in [0, 0.05) is 11.2 Å². The second-order valence-corrected chi connectivity index (χ2v) is 6.82. The van der Waals surface area contributed by atoms with Crippen molar-refractivity contribution < 1.29 is 10.0 Å². The van der Waals surface area contributed by atoms with Crippen LogP contribution in [0.5, 0.6) is 0 Å². The lowest BCUT2D eigenvalue weighted by atomic mass is 9.93. The molecule has 3 rings (SSSR count). The van der Waals surface area contributed by atoms with Gasteiger partial charge in [-0.25, -0.2) is 5.48 Å². The summed E-state index contributed by atoms with van der Waals surface area (Å²) in [4.78, 5) is 16.3. The maximum atomic E-state index is 11.8. The lowest BCUT2D eigenvalue weighted by molar-refractivity contribution is -0.131. The number of nitrogens with zero attached hydrogens (tertiary/aromatic N) is 1. The highest BCUT2D eigenvalue weighted by molar-refractivity contribution is 8.14. The van der Waals surface area contributed by atoms with E-state index in [4.69, 9.17) is 5.21 Å². The zero-order valence-electron chi connectivity index (χ0n) is 10.8. The standard InChI is InChI=1S/C14H18N2O2S/c1-8-15-7-10(19-8)12-11(13(12)14(17)16-18)9-5-3-2-4-6-9/h2-5,9-13,18H,6-7H2,1H3,(H,16,17)/t9?,10?,11-,12-,13-/m1/s1. The highest BCUT2D eigenvalue weighted by Gasteiger charge is 2.60. The fourth-order valence-corrected chi connectivity index (χ4v) is 4.66. The van der Waals surface area contributed by atoms with Crippen LogP contribution in [-0.2, 0) is 4.79 Å². The van der Waals surface area contributed by atoms with Crippen LogP contribution >= 0.6 is 11.8 Å². The zero-order chi connectivity index (χ0) is 13.4. The van der Waals surface area contributed by atoms with Gasteiger partial charge in [-0.05, 0) is 31.1 Å². The molecule has 1 heterocycles. The summed E-state index contributed by atoms with van der Waals surface area (Å²) in [6.45, 7) is 2.82. The number of allylic oxidation sites excluding steroid dienone is 4. The Balaban J connectivity index is 1.72. The Labute approximate surface area is 117 Å². The van der Waals surface area contributed by atoms with E-state index in [0.717, 1.165) is 18.0 Å². The molecule has 1 fully saturated rings. The summed E-state index contributed by atoms with van der Waals surface area (Å²) >= 11 is 1.78. The highest BCUT2D eigenvalue weighted by Crippen LogP contribution is 2.58. The first-order chi connectivity index (χ1) is 9.22. The van der Waals surface area contributed by atoms with Crippen molar-refractivity contribution >= 4 is 22.7 Å². The van der Waals surface area contributed by atoms with Crippen molar-refractivity contribution in [3.63, 3.8) is 0 Å². The third kappa shape index (κ3) is 2.37. The van der Waals surface area contributed by atoms with Crippen molar-refractivity contribution in [3.8, 4) is 0 Å². The molecule has 0 aromatic rings. The summed E-state index contributed by atoms with van der Waals surface area (Å²) in [6.07, 6.45) is 9.44. The number of amides is 1. The Morgan fingerprint density at radius 1 is 1.47 bits per heavy atom. The molecule has 2 N–H and O–H groups in total. The van der Waals surface area contributed by atoms with Gasteiger partial charge in [-0.3, -0.25) is 15.0 Å². The molecule has 5 atom stereocenters. The van der Waals surface area contributed by atoms with Gasteiger partial charge in [-0.1, -0.05) is 24.3 Å². The average molecular weight is 278 g/mol. The molecule has 2 aliphatic carbocycles. The summed E-state index contributed by atoms with van der Waals surface area (Å²) in [5.74, 6) is 0.790. The highest BCUT2D eigenvalue weighted by atomic mass is 32.2. The molecule has 0 spiro atoms. The molecule has 3 aliphatic rings. The number of thioether (sulfide) groups is 1. The van der Waals surface area contributed by atoms with Crippen molar-refractivity contribution in [2.75, 3.05) is 6.54 Å². The monoisotopic (exact) mass is 278 g/mol. The predicted molar refractivity (Wildman–Crippen MR) is 76.1 cm³/mol. The molecule has 1 aliphatic heterocycles. The number of hydrogen-bond donors (Lipinski definition) is 2. The van der Waals surface area contributed by atoms with E-state index < -0.39 is 0 Å². The van der Waals surface area contributed by atoms with Gasteiger partial charge in [0.25, 0.3) is 0 Å². The quantitative estimate of drug-likeness (QED) is 0.613. The molecule has 102 valence electrons. The summed E-state index contributed by atoms with van der Waals surface area (Å²) in [7, 11) is 0. The summed E-state index contributed by atoms with van der Waals surface area (Å²) in [5.41, 5.74) is 1.83. The number of carbonyl (C=O) groups is 1. The van der Waals surface area contributed by atoms with Crippen LogP contribution < -0.4 is 5.48 Å². The van der Waals surface area contributed by atoms with Gasteiger partial charge in [-0.15, -0.1) is 11.8 Å². The minimum absolute atomic E-state index is 0.0650. The average Bonchev–Trinajstić information content (AvgIpc) is 3.05. The van der Waals surface area contributed by atoms with Crippen molar-refractivity contribution in [1.29, 1.82) is 0 Å². The first-order valence-electron chi connectivity index (χ1n) is 6.67. The summed E-state index contributed by atoms with van der Waals surface area (Å²) < 4.78 is 0. The van der Waals surface area contributed by atoms with Gasteiger partial charge >= 0.3 is 0 Å². The lowest BCUT2D eigenvalue weighted by Crippen LogP contribution is -2.23. The van der Waals surface area contributed by atoms with Gasteiger partial charge in [0.2, 0.25) is 5.91 Å². The number of carbonyl (C=O) groups excluding carboxylic acids is 1. The van der Waals surface area contributed by atoms with E-state index in [9.17, 15) is 4.79 Å². The van der Waals surface area contributed by atoms with Crippen LogP contribution in [0, 0.1) is 23.7 Å². The molecule has 5 heteroatoms. The molecule has 4 nitrogen and oxygen atoms in total. The van der Waals surface area contributed by atoms with Crippen molar-refractivity contribution in [3.05, 3.63) is 24.3 Å². The number of rotatable bonds is 3. The Kier molecular flexibility index (Phi) is 3.50. The minimum Gasteiger partial charge on any atom is -0.289 e. The Morgan fingerprint density at radius 2 is 2.32 bits per heavy atom. The van der Waals surface area contributed by atoms with E-state index in [2.05, 4.69) is 23.2 Å². The van der Waals surface area contributed by atoms with Crippen molar-refractivity contribution in [1.82, 2.24) is 5.48 Å². The van der Waals surface area contributed by atoms with E-state index in [1.165, 1.54) is 0 Å². The van der Waals surface area contributed by atoms with E-state index >= 15 is 0 Å². The second kappa shape index (κ2) is 5.13. The van der Waals surface area contributed by atoms with Gasteiger partial charge in [0.05, 0.1) is 11.6 Å². The molecule has 0 aromatic carbocycles. The summed E-state index contributed by atoms with van der Waals surface area (Å²) in [5, 5.41) is 10.4.